The molecule has 1 fully saturated rings. The van der Waals surface area contributed by atoms with E-state index in [0.29, 0.717) is 11.1 Å². The van der Waals surface area contributed by atoms with Crippen molar-refractivity contribution in [2.45, 2.75) is 64.6 Å². The number of aromatic carboxylic acids is 1. The third-order valence-electron chi connectivity index (χ3n) is 9.87. The number of hydrogen-bond donors (Lipinski definition) is 1. The zero-order chi connectivity index (χ0) is 28.9. The van der Waals surface area contributed by atoms with E-state index in [2.05, 4.69) is 73.9 Å². The average molecular weight is 569 g/mol. The fourth-order valence-corrected chi connectivity index (χ4v) is 13.5. The molecule has 1 N–H and O–H groups in total. The SMILES string of the molecule is CCN(CC)c1ccc2c(c1)[Si]1(CCCCC1)c1cc(N(CC)CC)ccc1C21OC(=O)c2ccc(C(=O)O)cc21. The summed E-state index contributed by atoms with van der Waals surface area (Å²) in [4.78, 5) is 30.5. The Labute approximate surface area is 243 Å². The van der Waals surface area contributed by atoms with Crippen LogP contribution in [0, 0.1) is 0 Å². The number of carbonyl (C=O) groups is 2. The van der Waals surface area contributed by atoms with Gasteiger partial charge in [0.2, 0.25) is 0 Å². The van der Waals surface area contributed by atoms with Gasteiger partial charge in [-0.05, 0) is 92.6 Å². The molecular weight excluding hydrogens is 528 g/mol. The lowest BCUT2D eigenvalue weighted by molar-refractivity contribution is 0.0255. The van der Waals surface area contributed by atoms with Crippen molar-refractivity contribution in [3.8, 4) is 0 Å². The Hall–Kier alpha value is -3.58. The second-order valence-electron chi connectivity index (χ2n) is 11.6. The highest BCUT2D eigenvalue weighted by Gasteiger charge is 2.58. The standard InChI is InChI=1S/C34H40N2O4Si/c1-5-35(6-2)24-13-16-27-30(21-24)41(18-10-9-11-19-41)31-22-25(36(7-3)8-4)14-17-28(31)34(27)29-20-23(32(37)38)12-15-26(29)33(39)40-34/h12-17,20-22H,5-11,18-19H2,1-4H3,(H,37,38). The van der Waals surface area contributed by atoms with E-state index in [1.54, 1.807) is 12.1 Å². The molecule has 3 aliphatic heterocycles. The van der Waals surface area contributed by atoms with Crippen molar-refractivity contribution in [3.63, 3.8) is 0 Å². The van der Waals surface area contributed by atoms with Crippen molar-refractivity contribution < 1.29 is 19.4 Å². The monoisotopic (exact) mass is 568 g/mol. The number of esters is 1. The van der Waals surface area contributed by atoms with Gasteiger partial charge in [0.05, 0.1) is 11.1 Å². The van der Waals surface area contributed by atoms with Gasteiger partial charge in [0.15, 0.2) is 5.60 Å². The summed E-state index contributed by atoms with van der Waals surface area (Å²) >= 11 is 0. The molecule has 0 saturated carbocycles. The van der Waals surface area contributed by atoms with Crippen molar-refractivity contribution in [3.05, 3.63) is 82.4 Å². The number of rotatable bonds is 7. The van der Waals surface area contributed by atoms with Gasteiger partial charge in [-0.3, -0.25) is 0 Å². The van der Waals surface area contributed by atoms with Gasteiger partial charge in [0.1, 0.15) is 8.07 Å². The maximum absolute atomic E-state index is 13.6. The summed E-state index contributed by atoms with van der Waals surface area (Å²) in [6.45, 7) is 12.4. The third kappa shape index (κ3) is 3.96. The first-order chi connectivity index (χ1) is 19.8. The van der Waals surface area contributed by atoms with Crippen LogP contribution in [-0.4, -0.2) is 51.3 Å². The van der Waals surface area contributed by atoms with E-state index in [4.69, 9.17) is 4.74 Å². The molecule has 2 spiro atoms. The molecule has 3 aliphatic rings. The molecule has 0 radical (unpaired) electrons. The zero-order valence-corrected chi connectivity index (χ0v) is 25.6. The second-order valence-corrected chi connectivity index (χ2v) is 15.8. The summed E-state index contributed by atoms with van der Waals surface area (Å²) in [6, 6.07) is 20.7. The molecule has 0 unspecified atom stereocenters. The lowest BCUT2D eigenvalue weighted by atomic mass is 9.78. The van der Waals surface area contributed by atoms with Crippen LogP contribution in [0.5, 0.6) is 0 Å². The molecule has 41 heavy (non-hydrogen) atoms. The fraction of sp³-hybridized carbons (Fsp3) is 0.412. The van der Waals surface area contributed by atoms with E-state index >= 15 is 0 Å². The Morgan fingerprint density at radius 2 is 1.32 bits per heavy atom. The van der Waals surface area contributed by atoms with Crippen LogP contribution >= 0.6 is 0 Å². The Balaban J connectivity index is 1.73. The summed E-state index contributed by atoms with van der Waals surface area (Å²) in [5.74, 6) is -1.40. The molecule has 0 amide bonds. The number of carboxylic acid groups (broad SMARTS) is 1. The quantitative estimate of drug-likeness (QED) is 0.296. The van der Waals surface area contributed by atoms with Crippen molar-refractivity contribution in [1.82, 2.24) is 0 Å². The van der Waals surface area contributed by atoms with Crippen LogP contribution in [0.4, 0.5) is 11.4 Å². The molecule has 6 nitrogen and oxygen atoms in total. The van der Waals surface area contributed by atoms with Gasteiger partial charge in [0.25, 0.3) is 0 Å². The number of ether oxygens (including phenoxy) is 1. The molecule has 0 atom stereocenters. The number of fused-ring (bicyclic) bond motifs is 8. The van der Waals surface area contributed by atoms with E-state index in [-0.39, 0.29) is 5.56 Å². The smallest absolute Gasteiger partial charge is 0.340 e. The Bertz CT molecular complexity index is 1450. The van der Waals surface area contributed by atoms with Crippen LogP contribution in [-0.2, 0) is 10.3 Å². The Kier molecular flexibility index (Phi) is 6.97. The average Bonchev–Trinajstić information content (AvgIpc) is 3.30. The largest absolute Gasteiger partial charge is 0.478 e. The third-order valence-corrected chi connectivity index (χ3v) is 15.2. The van der Waals surface area contributed by atoms with Gasteiger partial charge >= 0.3 is 11.9 Å². The summed E-state index contributed by atoms with van der Waals surface area (Å²) in [5.41, 5.74) is 4.56. The van der Waals surface area contributed by atoms with E-state index in [0.717, 1.165) is 37.3 Å². The van der Waals surface area contributed by atoms with Gasteiger partial charge < -0.3 is 19.6 Å². The number of carbonyl (C=O) groups excluding carboxylic acids is 1. The number of nitrogens with zero attached hydrogens (tertiary/aromatic N) is 2. The molecule has 1 saturated heterocycles. The molecule has 3 aromatic carbocycles. The number of anilines is 2. The second kappa shape index (κ2) is 10.4. The van der Waals surface area contributed by atoms with Crippen LogP contribution in [0.15, 0.2) is 54.6 Å². The van der Waals surface area contributed by atoms with E-state index in [9.17, 15) is 14.7 Å². The lowest BCUT2D eigenvalue weighted by Gasteiger charge is -2.48. The Morgan fingerprint density at radius 3 is 1.80 bits per heavy atom. The number of hydrogen-bond acceptors (Lipinski definition) is 5. The number of carboxylic acids is 1. The van der Waals surface area contributed by atoms with Crippen molar-refractivity contribution >= 4 is 41.8 Å². The molecule has 0 aliphatic carbocycles. The molecule has 6 rings (SSSR count). The van der Waals surface area contributed by atoms with Gasteiger partial charge in [-0.25, -0.2) is 9.59 Å². The number of benzene rings is 3. The minimum Gasteiger partial charge on any atom is -0.478 e. The van der Waals surface area contributed by atoms with E-state index in [1.165, 1.54) is 59.2 Å². The topological polar surface area (TPSA) is 70.1 Å². The predicted octanol–water partition coefficient (Wildman–Crippen LogP) is 5.60. The van der Waals surface area contributed by atoms with Gasteiger partial charge in [0, 0.05) is 54.2 Å². The first kappa shape index (κ1) is 27.6. The molecule has 0 aromatic heterocycles. The highest BCUT2D eigenvalue weighted by molar-refractivity contribution is 7.03. The van der Waals surface area contributed by atoms with Crippen molar-refractivity contribution in [1.29, 1.82) is 0 Å². The van der Waals surface area contributed by atoms with Crippen molar-refractivity contribution in [2.24, 2.45) is 0 Å². The highest BCUT2D eigenvalue weighted by Crippen LogP contribution is 2.51. The molecule has 214 valence electrons. The van der Waals surface area contributed by atoms with Crippen LogP contribution in [0.3, 0.4) is 0 Å². The first-order valence-corrected chi connectivity index (χ1v) is 17.7. The van der Waals surface area contributed by atoms with Gasteiger partial charge in [-0.1, -0.05) is 31.4 Å². The Morgan fingerprint density at radius 1 is 0.780 bits per heavy atom. The van der Waals surface area contributed by atoms with Crippen LogP contribution in [0.2, 0.25) is 12.1 Å². The molecular formula is C34H40N2O4Si. The van der Waals surface area contributed by atoms with Crippen molar-refractivity contribution in [2.75, 3.05) is 36.0 Å². The highest BCUT2D eigenvalue weighted by atomic mass is 28.3. The summed E-state index contributed by atoms with van der Waals surface area (Å²) in [7, 11) is -2.25. The summed E-state index contributed by atoms with van der Waals surface area (Å²) in [6.07, 6.45) is 3.64. The van der Waals surface area contributed by atoms with E-state index in [1.807, 2.05) is 0 Å². The predicted molar refractivity (Wildman–Crippen MR) is 167 cm³/mol. The van der Waals surface area contributed by atoms with Crippen LogP contribution < -0.4 is 20.2 Å². The normalized spacial score (nSPS) is 17.5. The van der Waals surface area contributed by atoms with Gasteiger partial charge in [-0.15, -0.1) is 0 Å². The summed E-state index contributed by atoms with van der Waals surface area (Å²) < 4.78 is 6.55. The summed E-state index contributed by atoms with van der Waals surface area (Å²) in [5, 5.41) is 12.6. The van der Waals surface area contributed by atoms with Gasteiger partial charge in [-0.2, -0.15) is 0 Å². The minimum absolute atomic E-state index is 0.166. The maximum Gasteiger partial charge on any atom is 0.340 e. The lowest BCUT2D eigenvalue weighted by Crippen LogP contribution is -2.67. The van der Waals surface area contributed by atoms with Crippen LogP contribution in [0.1, 0.15) is 84.4 Å². The molecule has 3 aromatic rings. The zero-order valence-electron chi connectivity index (χ0n) is 24.6. The first-order valence-electron chi connectivity index (χ1n) is 15.3. The molecule has 3 heterocycles. The fourth-order valence-electron chi connectivity index (χ4n) is 7.82. The minimum atomic E-state index is -2.25. The van der Waals surface area contributed by atoms with E-state index < -0.39 is 25.6 Å². The molecule has 7 heteroatoms. The van der Waals surface area contributed by atoms with Crippen LogP contribution in [0.25, 0.3) is 0 Å². The molecule has 0 bridgehead atoms. The maximum atomic E-state index is 13.6.